The van der Waals surface area contributed by atoms with Crippen LogP contribution < -0.4 is 15.1 Å². The third-order valence-corrected chi connectivity index (χ3v) is 6.03. The lowest BCUT2D eigenvalue weighted by molar-refractivity contribution is -0.137. The van der Waals surface area contributed by atoms with Crippen LogP contribution in [0.25, 0.3) is 0 Å². The molecule has 0 aliphatic carbocycles. The van der Waals surface area contributed by atoms with Crippen molar-refractivity contribution in [2.45, 2.75) is 32.1 Å². The fourth-order valence-corrected chi connectivity index (χ4v) is 4.07. The number of aryl methyl sites for hydroxylation is 1. The van der Waals surface area contributed by atoms with Gasteiger partial charge in [-0.2, -0.15) is 18.4 Å². The molecule has 3 aromatic rings. The number of hydrogen-bond donors (Lipinski definition) is 1. The van der Waals surface area contributed by atoms with E-state index in [9.17, 15) is 27.6 Å². The molecule has 0 atom stereocenters. The first-order valence-electron chi connectivity index (χ1n) is 11.0. The van der Waals surface area contributed by atoms with Gasteiger partial charge in [-0.05, 0) is 49.7 Å². The Kier molecular flexibility index (Phi) is 6.25. The Labute approximate surface area is 209 Å². The molecule has 1 aliphatic heterocycles. The van der Waals surface area contributed by atoms with Crippen molar-refractivity contribution in [2.24, 2.45) is 7.05 Å². The summed E-state index contributed by atoms with van der Waals surface area (Å²) in [6.07, 6.45) is -1.69. The van der Waals surface area contributed by atoms with Gasteiger partial charge >= 0.3 is 12.2 Å². The summed E-state index contributed by atoms with van der Waals surface area (Å²) >= 11 is 0. The van der Waals surface area contributed by atoms with Gasteiger partial charge < -0.3 is 9.88 Å². The van der Waals surface area contributed by atoms with Gasteiger partial charge in [-0.1, -0.05) is 12.1 Å². The SMILES string of the molecule is Cn1ccnc1C(=O)NCc1ccc(N2C(=O)N(c3ccc(C#N)c(C(F)(F)F)c3)C(=O)C2(C)C)cc1. The molecule has 0 saturated carbocycles. The van der Waals surface area contributed by atoms with Crippen molar-refractivity contribution in [1.29, 1.82) is 5.26 Å². The minimum atomic E-state index is -4.84. The molecule has 0 unspecified atom stereocenters. The number of nitrogens with zero attached hydrogens (tertiary/aromatic N) is 5. The van der Waals surface area contributed by atoms with Gasteiger partial charge in [0.1, 0.15) is 5.54 Å². The van der Waals surface area contributed by atoms with Gasteiger partial charge in [0, 0.05) is 31.7 Å². The smallest absolute Gasteiger partial charge is 0.345 e. The average Bonchev–Trinajstić information content (AvgIpc) is 3.35. The lowest BCUT2D eigenvalue weighted by atomic mass is 10.0. The average molecular weight is 510 g/mol. The van der Waals surface area contributed by atoms with Crippen LogP contribution in [0.4, 0.5) is 29.3 Å². The van der Waals surface area contributed by atoms with E-state index in [-0.39, 0.29) is 24.0 Å². The molecule has 9 nitrogen and oxygen atoms in total. The number of halogens is 3. The van der Waals surface area contributed by atoms with Crippen LogP contribution >= 0.6 is 0 Å². The summed E-state index contributed by atoms with van der Waals surface area (Å²) in [4.78, 5) is 44.6. The van der Waals surface area contributed by atoms with Crippen molar-refractivity contribution in [3.63, 3.8) is 0 Å². The van der Waals surface area contributed by atoms with Crippen LogP contribution in [0.5, 0.6) is 0 Å². The lowest BCUT2D eigenvalue weighted by Crippen LogP contribution is -2.44. The fraction of sp³-hybridized carbons (Fsp3) is 0.240. The number of anilines is 2. The number of aromatic nitrogens is 2. The number of urea groups is 1. The van der Waals surface area contributed by atoms with Gasteiger partial charge in [0.05, 0.1) is 22.9 Å². The summed E-state index contributed by atoms with van der Waals surface area (Å²) in [5.41, 5.74) is -2.49. The van der Waals surface area contributed by atoms with E-state index in [1.807, 2.05) is 0 Å². The van der Waals surface area contributed by atoms with Crippen molar-refractivity contribution in [3.8, 4) is 6.07 Å². The lowest BCUT2D eigenvalue weighted by Gasteiger charge is -2.27. The van der Waals surface area contributed by atoms with Crippen molar-refractivity contribution in [1.82, 2.24) is 14.9 Å². The number of imidazole rings is 1. The van der Waals surface area contributed by atoms with E-state index < -0.39 is 34.8 Å². The Hall–Kier alpha value is -4.66. The highest BCUT2D eigenvalue weighted by atomic mass is 19.4. The zero-order valence-corrected chi connectivity index (χ0v) is 20.0. The van der Waals surface area contributed by atoms with Crippen LogP contribution in [0, 0.1) is 11.3 Å². The zero-order valence-electron chi connectivity index (χ0n) is 20.0. The summed E-state index contributed by atoms with van der Waals surface area (Å²) in [7, 11) is 1.69. The summed E-state index contributed by atoms with van der Waals surface area (Å²) in [5.74, 6) is -0.841. The molecule has 37 heavy (non-hydrogen) atoms. The minimum absolute atomic E-state index is 0.180. The van der Waals surface area contributed by atoms with Crippen LogP contribution in [0.3, 0.4) is 0 Å². The molecule has 1 aliphatic rings. The second-order valence-corrected chi connectivity index (χ2v) is 8.87. The van der Waals surface area contributed by atoms with Gasteiger partial charge in [0.25, 0.3) is 11.8 Å². The predicted molar refractivity (Wildman–Crippen MR) is 126 cm³/mol. The molecule has 12 heteroatoms. The number of benzene rings is 2. The number of carbonyl (C=O) groups is 3. The monoisotopic (exact) mass is 510 g/mol. The molecule has 2 aromatic carbocycles. The highest BCUT2D eigenvalue weighted by Gasteiger charge is 2.53. The van der Waals surface area contributed by atoms with Gasteiger partial charge in [0.2, 0.25) is 0 Å². The Balaban J connectivity index is 1.58. The maximum Gasteiger partial charge on any atom is 0.417 e. The van der Waals surface area contributed by atoms with Gasteiger partial charge in [-0.25, -0.2) is 14.7 Å². The van der Waals surface area contributed by atoms with Crippen molar-refractivity contribution in [3.05, 3.63) is 77.4 Å². The predicted octanol–water partition coefficient (Wildman–Crippen LogP) is 3.99. The maximum atomic E-state index is 13.5. The third-order valence-electron chi connectivity index (χ3n) is 6.03. The van der Waals surface area contributed by atoms with Crippen molar-refractivity contribution in [2.75, 3.05) is 9.80 Å². The summed E-state index contributed by atoms with van der Waals surface area (Å²) in [6, 6.07) is 9.83. The number of carbonyl (C=O) groups excluding carboxylic acids is 3. The molecular weight excluding hydrogens is 489 g/mol. The van der Waals surface area contributed by atoms with E-state index in [4.69, 9.17) is 5.26 Å². The molecule has 0 radical (unpaired) electrons. The standard InChI is InChI=1S/C25H21F3N6O3/c1-24(2)22(36)33(18-9-6-16(13-29)19(12-18)25(26,27)28)23(37)34(24)17-7-4-15(5-8-17)14-31-21(35)20-30-10-11-32(20)3/h4-12H,14H2,1-3H3,(H,31,35). The Bertz CT molecular complexity index is 1440. The first-order chi connectivity index (χ1) is 17.4. The molecule has 1 fully saturated rings. The van der Waals surface area contributed by atoms with Crippen molar-refractivity contribution >= 4 is 29.2 Å². The van der Waals surface area contributed by atoms with E-state index in [0.29, 0.717) is 22.2 Å². The minimum Gasteiger partial charge on any atom is -0.345 e. The largest absolute Gasteiger partial charge is 0.417 e. The van der Waals surface area contributed by atoms with E-state index in [2.05, 4.69) is 10.3 Å². The number of nitriles is 1. The van der Waals surface area contributed by atoms with Crippen LogP contribution in [0.1, 0.15) is 41.2 Å². The molecule has 1 aromatic heterocycles. The molecule has 0 spiro atoms. The first-order valence-corrected chi connectivity index (χ1v) is 11.0. The summed E-state index contributed by atoms with van der Waals surface area (Å²) in [5, 5.41) is 11.8. The third kappa shape index (κ3) is 4.51. The molecule has 190 valence electrons. The summed E-state index contributed by atoms with van der Waals surface area (Å²) in [6.45, 7) is 3.16. The normalized spacial score (nSPS) is 15.2. The topological polar surface area (TPSA) is 111 Å². The molecule has 1 N–H and O–H groups in total. The molecule has 0 bridgehead atoms. The zero-order chi connectivity index (χ0) is 27.1. The maximum absolute atomic E-state index is 13.5. The van der Waals surface area contributed by atoms with Crippen LogP contribution in [-0.4, -0.2) is 32.9 Å². The van der Waals surface area contributed by atoms with Crippen LogP contribution in [0.15, 0.2) is 54.9 Å². The molecule has 2 heterocycles. The second kappa shape index (κ2) is 9.09. The quantitative estimate of drug-likeness (QED) is 0.522. The molecule has 1 saturated heterocycles. The fourth-order valence-electron chi connectivity index (χ4n) is 4.07. The van der Waals surface area contributed by atoms with Crippen LogP contribution in [0.2, 0.25) is 0 Å². The Morgan fingerprint density at radius 2 is 1.76 bits per heavy atom. The summed E-state index contributed by atoms with van der Waals surface area (Å²) < 4.78 is 42.0. The molecule has 4 amide bonds. The highest BCUT2D eigenvalue weighted by Crippen LogP contribution is 2.39. The number of nitrogens with one attached hydrogen (secondary N) is 1. The number of alkyl halides is 3. The van der Waals surface area contributed by atoms with Gasteiger partial charge in [0.15, 0.2) is 5.82 Å². The van der Waals surface area contributed by atoms with Crippen molar-refractivity contribution < 1.29 is 27.6 Å². The number of imide groups is 1. The van der Waals surface area contributed by atoms with E-state index in [1.165, 1.54) is 31.0 Å². The molecular formula is C25H21F3N6O3. The molecule has 4 rings (SSSR count). The van der Waals surface area contributed by atoms with Gasteiger partial charge in [-0.3, -0.25) is 14.5 Å². The number of hydrogen-bond acceptors (Lipinski definition) is 5. The van der Waals surface area contributed by atoms with Crippen LogP contribution in [-0.2, 0) is 24.6 Å². The number of amides is 4. The highest BCUT2D eigenvalue weighted by molar-refractivity contribution is 6.30. The Morgan fingerprint density at radius 3 is 2.32 bits per heavy atom. The van der Waals surface area contributed by atoms with E-state index in [0.717, 1.165) is 12.1 Å². The first kappa shape index (κ1) is 25.4. The van der Waals surface area contributed by atoms with E-state index >= 15 is 0 Å². The van der Waals surface area contributed by atoms with E-state index in [1.54, 1.807) is 42.1 Å². The van der Waals surface area contributed by atoms with Gasteiger partial charge in [-0.15, -0.1) is 0 Å². The Morgan fingerprint density at radius 1 is 1.11 bits per heavy atom. The number of rotatable bonds is 5. The second-order valence-electron chi connectivity index (χ2n) is 8.87.